The molecular formula is C18H18N2O4S. The normalized spacial score (nSPS) is 18.6. The number of hydrogen-bond donors (Lipinski definition) is 1. The summed E-state index contributed by atoms with van der Waals surface area (Å²) in [6, 6.07) is 13.7. The van der Waals surface area contributed by atoms with Gasteiger partial charge in [0.15, 0.2) is 5.78 Å². The lowest BCUT2D eigenvalue weighted by molar-refractivity contribution is -0.126. The molecule has 3 rings (SSSR count). The van der Waals surface area contributed by atoms with E-state index < -0.39 is 16.1 Å². The van der Waals surface area contributed by atoms with Gasteiger partial charge in [-0.3, -0.25) is 9.59 Å². The van der Waals surface area contributed by atoms with Crippen LogP contribution >= 0.6 is 0 Å². The fourth-order valence-corrected chi connectivity index (χ4v) is 4.49. The van der Waals surface area contributed by atoms with Crippen LogP contribution in [0, 0.1) is 0 Å². The summed E-state index contributed by atoms with van der Waals surface area (Å²) in [5.41, 5.74) is 0.921. The van der Waals surface area contributed by atoms with E-state index in [1.54, 1.807) is 36.4 Å². The average molecular weight is 358 g/mol. The van der Waals surface area contributed by atoms with Crippen molar-refractivity contribution in [1.82, 2.24) is 9.62 Å². The molecule has 25 heavy (non-hydrogen) atoms. The van der Waals surface area contributed by atoms with Gasteiger partial charge in [-0.05, 0) is 24.6 Å². The van der Waals surface area contributed by atoms with Gasteiger partial charge in [0.2, 0.25) is 15.9 Å². The van der Waals surface area contributed by atoms with Crippen LogP contribution in [0.2, 0.25) is 0 Å². The van der Waals surface area contributed by atoms with Gasteiger partial charge < -0.3 is 5.32 Å². The van der Waals surface area contributed by atoms with Crippen LogP contribution in [0.4, 0.5) is 0 Å². The van der Waals surface area contributed by atoms with Gasteiger partial charge in [-0.25, -0.2) is 8.42 Å². The molecule has 0 unspecified atom stereocenters. The first-order valence-corrected chi connectivity index (χ1v) is 9.31. The SMILES string of the molecule is CC(=O)c1cccc(S(=O)(=O)N2CCNC(=O)[C@H]2c2ccccc2)c1. The summed E-state index contributed by atoms with van der Waals surface area (Å²) in [6.07, 6.45) is 0. The molecule has 1 amide bonds. The number of ketones is 1. The summed E-state index contributed by atoms with van der Waals surface area (Å²) in [7, 11) is -3.93. The average Bonchev–Trinajstić information content (AvgIpc) is 2.62. The van der Waals surface area contributed by atoms with Gasteiger partial charge in [0, 0.05) is 18.7 Å². The Balaban J connectivity index is 2.06. The molecule has 1 N–H and O–H groups in total. The first kappa shape index (κ1) is 17.3. The third kappa shape index (κ3) is 3.33. The smallest absolute Gasteiger partial charge is 0.244 e. The van der Waals surface area contributed by atoms with Crippen LogP contribution in [0.1, 0.15) is 28.9 Å². The van der Waals surface area contributed by atoms with E-state index in [1.807, 2.05) is 0 Å². The van der Waals surface area contributed by atoms with E-state index >= 15 is 0 Å². The number of amides is 1. The van der Waals surface area contributed by atoms with E-state index in [9.17, 15) is 18.0 Å². The number of benzene rings is 2. The summed E-state index contributed by atoms with van der Waals surface area (Å²) < 4.78 is 27.4. The van der Waals surface area contributed by atoms with Crippen LogP contribution < -0.4 is 5.32 Å². The van der Waals surface area contributed by atoms with Crippen molar-refractivity contribution in [3.63, 3.8) is 0 Å². The maximum absolute atomic E-state index is 13.1. The van der Waals surface area contributed by atoms with Gasteiger partial charge in [-0.15, -0.1) is 0 Å². The minimum Gasteiger partial charge on any atom is -0.353 e. The Hall–Kier alpha value is -2.51. The van der Waals surface area contributed by atoms with E-state index in [0.717, 1.165) is 0 Å². The highest BCUT2D eigenvalue weighted by Gasteiger charge is 2.39. The van der Waals surface area contributed by atoms with Gasteiger partial charge in [0.05, 0.1) is 4.90 Å². The summed E-state index contributed by atoms with van der Waals surface area (Å²) in [4.78, 5) is 24.0. The molecule has 0 aliphatic carbocycles. The zero-order valence-corrected chi connectivity index (χ0v) is 14.5. The summed E-state index contributed by atoms with van der Waals surface area (Å²) in [5, 5.41) is 2.71. The topological polar surface area (TPSA) is 83.6 Å². The number of carbonyl (C=O) groups excluding carboxylic acids is 2. The van der Waals surface area contributed by atoms with Crippen LogP contribution in [0.3, 0.4) is 0 Å². The molecular weight excluding hydrogens is 340 g/mol. The molecule has 130 valence electrons. The highest BCUT2D eigenvalue weighted by Crippen LogP contribution is 2.29. The molecule has 0 aromatic heterocycles. The first-order chi connectivity index (χ1) is 11.9. The molecule has 1 aliphatic heterocycles. The van der Waals surface area contributed by atoms with E-state index in [2.05, 4.69) is 5.32 Å². The lowest BCUT2D eigenvalue weighted by atomic mass is 10.1. The summed E-state index contributed by atoms with van der Waals surface area (Å²) >= 11 is 0. The van der Waals surface area contributed by atoms with Crippen molar-refractivity contribution in [2.24, 2.45) is 0 Å². The second-order valence-corrected chi connectivity index (χ2v) is 7.69. The van der Waals surface area contributed by atoms with Crippen LogP contribution in [-0.4, -0.2) is 37.5 Å². The maximum Gasteiger partial charge on any atom is 0.244 e. The molecule has 0 saturated carbocycles. The minimum absolute atomic E-state index is 0.0100. The second kappa shape index (κ2) is 6.78. The molecule has 7 heteroatoms. The Morgan fingerprint density at radius 3 is 2.52 bits per heavy atom. The molecule has 0 radical (unpaired) electrons. The summed E-state index contributed by atoms with van der Waals surface area (Å²) in [5.74, 6) is -0.572. The molecule has 1 heterocycles. The van der Waals surface area contributed by atoms with Crippen molar-refractivity contribution in [2.45, 2.75) is 17.9 Å². The standard InChI is InChI=1S/C18H18N2O4S/c1-13(21)15-8-5-9-16(12-15)25(23,24)20-11-10-19-18(22)17(20)14-6-3-2-4-7-14/h2-9,12,17H,10-11H2,1H3,(H,19,22)/t17-/m1/s1. The molecule has 0 spiro atoms. The van der Waals surface area contributed by atoms with Gasteiger partial charge in [-0.2, -0.15) is 4.31 Å². The second-order valence-electron chi connectivity index (χ2n) is 5.80. The van der Waals surface area contributed by atoms with Crippen LogP contribution in [0.25, 0.3) is 0 Å². The van der Waals surface area contributed by atoms with Gasteiger partial charge in [-0.1, -0.05) is 42.5 Å². The van der Waals surface area contributed by atoms with E-state index in [-0.39, 0.29) is 29.7 Å². The van der Waals surface area contributed by atoms with Crippen molar-refractivity contribution >= 4 is 21.7 Å². The lowest BCUT2D eigenvalue weighted by Crippen LogP contribution is -2.52. The van der Waals surface area contributed by atoms with Crippen LogP contribution in [0.5, 0.6) is 0 Å². The number of nitrogens with zero attached hydrogens (tertiary/aromatic N) is 1. The van der Waals surface area contributed by atoms with Crippen molar-refractivity contribution in [2.75, 3.05) is 13.1 Å². The third-order valence-electron chi connectivity index (χ3n) is 4.13. The van der Waals surface area contributed by atoms with E-state index in [0.29, 0.717) is 11.1 Å². The molecule has 1 fully saturated rings. The Labute approximate surface area is 146 Å². The largest absolute Gasteiger partial charge is 0.353 e. The van der Waals surface area contributed by atoms with E-state index in [1.165, 1.54) is 29.4 Å². The number of Topliss-reactive ketones (excluding diaryl/α,β-unsaturated/α-hetero) is 1. The minimum atomic E-state index is -3.93. The van der Waals surface area contributed by atoms with E-state index in [4.69, 9.17) is 0 Å². The fourth-order valence-electron chi connectivity index (χ4n) is 2.87. The number of rotatable bonds is 4. The van der Waals surface area contributed by atoms with Crippen molar-refractivity contribution in [3.05, 3.63) is 65.7 Å². The maximum atomic E-state index is 13.1. The third-order valence-corrected chi connectivity index (χ3v) is 5.99. The van der Waals surface area contributed by atoms with Crippen molar-refractivity contribution in [3.8, 4) is 0 Å². The van der Waals surface area contributed by atoms with Gasteiger partial charge in [0.1, 0.15) is 6.04 Å². The number of hydrogen-bond acceptors (Lipinski definition) is 4. The van der Waals surface area contributed by atoms with Gasteiger partial charge >= 0.3 is 0 Å². The number of carbonyl (C=O) groups is 2. The Kier molecular flexibility index (Phi) is 4.69. The summed E-state index contributed by atoms with van der Waals surface area (Å²) in [6.45, 7) is 1.79. The lowest BCUT2D eigenvalue weighted by Gasteiger charge is -2.34. The number of nitrogens with one attached hydrogen (secondary N) is 1. The predicted octanol–water partition coefficient (Wildman–Crippen LogP) is 1.75. The van der Waals surface area contributed by atoms with Crippen molar-refractivity contribution in [1.29, 1.82) is 0 Å². The van der Waals surface area contributed by atoms with Crippen LogP contribution in [-0.2, 0) is 14.8 Å². The van der Waals surface area contributed by atoms with Gasteiger partial charge in [0.25, 0.3) is 0 Å². The number of sulfonamides is 1. The number of piperazine rings is 1. The monoisotopic (exact) mass is 358 g/mol. The zero-order valence-electron chi connectivity index (χ0n) is 13.7. The molecule has 1 aliphatic rings. The molecule has 2 aromatic carbocycles. The highest BCUT2D eigenvalue weighted by molar-refractivity contribution is 7.89. The molecule has 1 saturated heterocycles. The molecule has 1 atom stereocenters. The molecule has 6 nitrogen and oxygen atoms in total. The quantitative estimate of drug-likeness (QED) is 0.844. The highest BCUT2D eigenvalue weighted by atomic mass is 32.2. The molecule has 0 bridgehead atoms. The Morgan fingerprint density at radius 2 is 1.84 bits per heavy atom. The molecule has 2 aromatic rings. The first-order valence-electron chi connectivity index (χ1n) is 7.87. The van der Waals surface area contributed by atoms with Crippen LogP contribution in [0.15, 0.2) is 59.5 Å². The Morgan fingerprint density at radius 1 is 1.12 bits per heavy atom. The predicted molar refractivity (Wildman–Crippen MR) is 92.5 cm³/mol. The zero-order chi connectivity index (χ0) is 18.0. The Bertz CT molecular complexity index is 910. The van der Waals surface area contributed by atoms with Crippen molar-refractivity contribution < 1.29 is 18.0 Å². The fraction of sp³-hybridized carbons (Fsp3) is 0.222.